The molecule has 2 aromatic heterocycles. The van der Waals surface area contributed by atoms with Crippen LogP contribution in [0.3, 0.4) is 0 Å². The molecule has 7 heteroatoms. The number of benzene rings is 1. The van der Waals surface area contributed by atoms with Crippen molar-refractivity contribution in [1.82, 2.24) is 19.6 Å². The molecule has 0 atom stereocenters. The Balaban J connectivity index is 1.29. The van der Waals surface area contributed by atoms with Crippen molar-refractivity contribution in [3.05, 3.63) is 71.1 Å². The summed E-state index contributed by atoms with van der Waals surface area (Å²) < 4.78 is 15.2. The third-order valence-electron chi connectivity index (χ3n) is 4.98. The molecule has 1 amide bonds. The second-order valence-electron chi connectivity index (χ2n) is 7.16. The van der Waals surface area contributed by atoms with Crippen molar-refractivity contribution in [1.29, 1.82) is 0 Å². The van der Waals surface area contributed by atoms with Gasteiger partial charge < -0.3 is 4.90 Å². The number of carbonyl (C=O) groups is 1. The first-order valence-electron chi connectivity index (χ1n) is 9.59. The largest absolute Gasteiger partial charge is 0.337 e. The number of hydrogen-bond donors (Lipinski definition) is 0. The van der Waals surface area contributed by atoms with Gasteiger partial charge in [-0.15, -0.1) is 11.3 Å². The van der Waals surface area contributed by atoms with Crippen LogP contribution in [0, 0.1) is 5.82 Å². The van der Waals surface area contributed by atoms with E-state index in [9.17, 15) is 9.18 Å². The molecule has 150 valence electrons. The molecular formula is C22H23FN4OS. The van der Waals surface area contributed by atoms with Gasteiger partial charge in [-0.2, -0.15) is 5.10 Å². The number of amides is 1. The summed E-state index contributed by atoms with van der Waals surface area (Å²) in [6, 6.07) is 10.9. The first-order valence-corrected chi connectivity index (χ1v) is 10.4. The van der Waals surface area contributed by atoms with Crippen LogP contribution in [0.25, 0.3) is 16.5 Å². The first kappa shape index (κ1) is 19.5. The number of aryl methyl sites for hydroxylation is 1. The molecule has 4 rings (SSSR count). The van der Waals surface area contributed by atoms with Crippen LogP contribution >= 0.6 is 11.3 Å². The van der Waals surface area contributed by atoms with E-state index in [0.717, 1.165) is 48.7 Å². The zero-order valence-corrected chi connectivity index (χ0v) is 17.1. The maximum Gasteiger partial charge on any atom is 0.246 e. The van der Waals surface area contributed by atoms with Crippen LogP contribution in [-0.4, -0.2) is 51.7 Å². The van der Waals surface area contributed by atoms with Gasteiger partial charge in [-0.1, -0.05) is 12.1 Å². The summed E-state index contributed by atoms with van der Waals surface area (Å²) >= 11 is 1.70. The number of nitrogens with zero attached hydrogens (tertiary/aromatic N) is 4. The topological polar surface area (TPSA) is 41.4 Å². The molecule has 1 aromatic carbocycles. The molecule has 0 aliphatic carbocycles. The van der Waals surface area contributed by atoms with E-state index < -0.39 is 0 Å². The van der Waals surface area contributed by atoms with Crippen LogP contribution in [0.4, 0.5) is 4.39 Å². The molecule has 1 aliphatic heterocycles. The third-order valence-corrected chi connectivity index (χ3v) is 6.10. The van der Waals surface area contributed by atoms with Crippen molar-refractivity contribution in [2.24, 2.45) is 7.05 Å². The Labute approximate surface area is 173 Å². The van der Waals surface area contributed by atoms with E-state index in [0.29, 0.717) is 0 Å². The molecule has 1 saturated heterocycles. The number of piperazine rings is 1. The zero-order chi connectivity index (χ0) is 20.2. The average Bonchev–Trinajstić information content (AvgIpc) is 3.36. The molecule has 0 N–H and O–H groups in total. The number of rotatable bonds is 5. The summed E-state index contributed by atoms with van der Waals surface area (Å²) in [4.78, 5) is 19.0. The fourth-order valence-electron chi connectivity index (χ4n) is 3.41. The van der Waals surface area contributed by atoms with Gasteiger partial charge in [0, 0.05) is 67.4 Å². The number of hydrogen-bond acceptors (Lipinski definition) is 4. The highest BCUT2D eigenvalue weighted by Crippen LogP contribution is 2.29. The monoisotopic (exact) mass is 410 g/mol. The quantitative estimate of drug-likeness (QED) is 0.603. The molecule has 0 unspecified atom stereocenters. The van der Waals surface area contributed by atoms with Gasteiger partial charge in [0.05, 0.1) is 6.20 Å². The van der Waals surface area contributed by atoms with Crippen LogP contribution in [0.15, 0.2) is 54.9 Å². The third kappa shape index (κ3) is 4.99. The first-order chi connectivity index (χ1) is 14.1. The lowest BCUT2D eigenvalue weighted by molar-refractivity contribution is -0.127. The second-order valence-corrected chi connectivity index (χ2v) is 8.33. The number of thiophene rings is 1. The highest BCUT2D eigenvalue weighted by Gasteiger charge is 2.20. The number of halogens is 1. The van der Waals surface area contributed by atoms with Crippen LogP contribution < -0.4 is 0 Å². The second kappa shape index (κ2) is 8.71. The standard InChI is InChI=1S/C22H23FN4OS/c1-25-15-17(14-24-25)5-8-22(28)27-11-9-26(10-12-27)16-20-6-7-21(29-20)18-3-2-4-19(23)13-18/h2-8,13-15H,9-12,16H2,1H3/b8-5-. The summed E-state index contributed by atoms with van der Waals surface area (Å²) in [5, 5.41) is 4.10. The Bertz CT molecular complexity index is 1020. The predicted octanol–water partition coefficient (Wildman–Crippen LogP) is 3.65. The van der Waals surface area contributed by atoms with Crippen molar-refractivity contribution in [3.8, 4) is 10.4 Å². The lowest BCUT2D eigenvalue weighted by atomic mass is 10.2. The van der Waals surface area contributed by atoms with E-state index in [4.69, 9.17) is 0 Å². The summed E-state index contributed by atoms with van der Waals surface area (Å²) in [5.74, 6) is -0.172. The van der Waals surface area contributed by atoms with E-state index in [1.54, 1.807) is 46.5 Å². The number of aromatic nitrogens is 2. The number of carbonyl (C=O) groups excluding carboxylic acids is 1. The Kier molecular flexibility index (Phi) is 5.87. The minimum atomic E-state index is -0.212. The molecule has 3 aromatic rings. The molecule has 1 aliphatic rings. The van der Waals surface area contributed by atoms with Gasteiger partial charge in [0.1, 0.15) is 5.82 Å². The fourth-order valence-corrected chi connectivity index (χ4v) is 4.45. The van der Waals surface area contributed by atoms with E-state index in [2.05, 4.69) is 22.1 Å². The molecule has 29 heavy (non-hydrogen) atoms. The average molecular weight is 411 g/mol. The van der Waals surface area contributed by atoms with E-state index in [-0.39, 0.29) is 11.7 Å². The highest BCUT2D eigenvalue weighted by molar-refractivity contribution is 7.15. The van der Waals surface area contributed by atoms with Crippen molar-refractivity contribution in [2.45, 2.75) is 6.54 Å². The van der Waals surface area contributed by atoms with E-state index >= 15 is 0 Å². The smallest absolute Gasteiger partial charge is 0.246 e. The van der Waals surface area contributed by atoms with E-state index in [1.807, 2.05) is 24.2 Å². The van der Waals surface area contributed by atoms with Crippen molar-refractivity contribution < 1.29 is 9.18 Å². The maximum absolute atomic E-state index is 13.4. The van der Waals surface area contributed by atoms with Gasteiger partial charge in [-0.05, 0) is 35.9 Å². The van der Waals surface area contributed by atoms with Gasteiger partial charge in [-0.25, -0.2) is 4.39 Å². The summed E-state index contributed by atoms with van der Waals surface area (Å²) in [6.07, 6.45) is 7.04. The highest BCUT2D eigenvalue weighted by atomic mass is 32.1. The molecule has 0 spiro atoms. The Morgan fingerprint density at radius 3 is 2.76 bits per heavy atom. The van der Waals surface area contributed by atoms with Gasteiger partial charge in [0.15, 0.2) is 0 Å². The molecule has 0 radical (unpaired) electrons. The normalized spacial score (nSPS) is 15.3. The van der Waals surface area contributed by atoms with Crippen LogP contribution in [0.1, 0.15) is 10.4 Å². The molecular weight excluding hydrogens is 387 g/mol. The molecule has 1 fully saturated rings. The summed E-state index contributed by atoms with van der Waals surface area (Å²) in [7, 11) is 1.85. The van der Waals surface area contributed by atoms with Crippen molar-refractivity contribution in [3.63, 3.8) is 0 Å². The Morgan fingerprint density at radius 2 is 2.03 bits per heavy atom. The summed E-state index contributed by atoms with van der Waals surface area (Å²) in [6.45, 7) is 3.99. The maximum atomic E-state index is 13.4. The van der Waals surface area contributed by atoms with Crippen molar-refractivity contribution >= 4 is 23.3 Å². The van der Waals surface area contributed by atoms with Gasteiger partial charge in [0.25, 0.3) is 0 Å². The minimum absolute atomic E-state index is 0.0398. The van der Waals surface area contributed by atoms with Gasteiger partial charge >= 0.3 is 0 Å². The Morgan fingerprint density at radius 1 is 1.21 bits per heavy atom. The lowest BCUT2D eigenvalue weighted by Crippen LogP contribution is -2.47. The SMILES string of the molecule is Cn1cc(/C=C\C(=O)N2CCN(Cc3ccc(-c4cccc(F)c4)s3)CC2)cn1. The van der Waals surface area contributed by atoms with Crippen molar-refractivity contribution in [2.75, 3.05) is 26.2 Å². The lowest BCUT2D eigenvalue weighted by Gasteiger charge is -2.34. The zero-order valence-electron chi connectivity index (χ0n) is 16.3. The molecule has 5 nitrogen and oxygen atoms in total. The van der Waals surface area contributed by atoms with Gasteiger partial charge in [0.2, 0.25) is 5.91 Å². The fraction of sp³-hybridized carbons (Fsp3) is 0.273. The van der Waals surface area contributed by atoms with Gasteiger partial charge in [-0.3, -0.25) is 14.4 Å². The van der Waals surface area contributed by atoms with E-state index in [1.165, 1.54) is 10.9 Å². The van der Waals surface area contributed by atoms with Crippen LogP contribution in [0.5, 0.6) is 0 Å². The molecule has 0 bridgehead atoms. The summed E-state index contributed by atoms with van der Waals surface area (Å²) in [5.41, 5.74) is 1.84. The van der Waals surface area contributed by atoms with Crippen LogP contribution in [0.2, 0.25) is 0 Å². The predicted molar refractivity (Wildman–Crippen MR) is 114 cm³/mol. The van der Waals surface area contributed by atoms with Crippen LogP contribution in [-0.2, 0) is 18.4 Å². The molecule has 0 saturated carbocycles. The Hall–Kier alpha value is -2.77. The molecule has 3 heterocycles. The minimum Gasteiger partial charge on any atom is -0.337 e.